The van der Waals surface area contributed by atoms with E-state index in [9.17, 15) is 9.90 Å². The largest absolute Gasteiger partial charge is 0.469 e. The second-order valence-electron chi connectivity index (χ2n) is 2.92. The van der Waals surface area contributed by atoms with Crippen LogP contribution in [0.1, 0.15) is 12.8 Å². The molecule has 1 rings (SSSR count). The van der Waals surface area contributed by atoms with E-state index >= 15 is 0 Å². The molecule has 1 aliphatic carbocycles. The van der Waals surface area contributed by atoms with Gasteiger partial charge in [-0.05, 0) is 12.8 Å². The number of carbonyl (C=O) groups excluding carboxylic acids is 1. The molecule has 5 heteroatoms. The average Bonchev–Trinajstić information content (AvgIpc) is 2.31. The standard InChI is InChI=1S/C7H13NO3.ClH/c1-11-7(10)4-2-5(8)6(9)3-4;/h4-6,9H,2-3,8H2,1H3;1H/t4-,5+,6+;/m1./s1. The first-order valence-electron chi connectivity index (χ1n) is 3.66. The van der Waals surface area contributed by atoms with Crippen LogP contribution >= 0.6 is 12.4 Å². The van der Waals surface area contributed by atoms with Crippen LogP contribution in [0, 0.1) is 5.92 Å². The minimum atomic E-state index is -0.543. The zero-order valence-corrected chi connectivity index (χ0v) is 7.71. The maximum absolute atomic E-state index is 10.9. The molecule has 1 aliphatic rings. The second kappa shape index (κ2) is 4.64. The van der Waals surface area contributed by atoms with Crippen molar-refractivity contribution >= 4 is 18.4 Å². The van der Waals surface area contributed by atoms with Crippen LogP contribution in [0.25, 0.3) is 0 Å². The van der Waals surface area contributed by atoms with Crippen LogP contribution in [0.2, 0.25) is 0 Å². The molecule has 0 spiro atoms. The lowest BCUT2D eigenvalue weighted by molar-refractivity contribution is -0.145. The molecule has 3 atom stereocenters. The number of methoxy groups -OCH3 is 1. The first-order chi connectivity index (χ1) is 5.15. The summed E-state index contributed by atoms with van der Waals surface area (Å²) in [5, 5.41) is 9.18. The Morgan fingerprint density at radius 3 is 2.50 bits per heavy atom. The highest BCUT2D eigenvalue weighted by Crippen LogP contribution is 2.25. The molecule has 3 N–H and O–H groups in total. The lowest BCUT2D eigenvalue weighted by atomic mass is 10.1. The summed E-state index contributed by atoms with van der Waals surface area (Å²) in [6.45, 7) is 0. The van der Waals surface area contributed by atoms with Gasteiger partial charge in [0.1, 0.15) is 0 Å². The number of rotatable bonds is 1. The second-order valence-corrected chi connectivity index (χ2v) is 2.92. The lowest BCUT2D eigenvalue weighted by Gasteiger charge is -2.04. The third-order valence-electron chi connectivity index (χ3n) is 2.11. The van der Waals surface area contributed by atoms with Crippen LogP contribution in [-0.4, -0.2) is 30.3 Å². The summed E-state index contributed by atoms with van der Waals surface area (Å²) in [4.78, 5) is 10.9. The smallest absolute Gasteiger partial charge is 0.308 e. The van der Waals surface area contributed by atoms with Crippen LogP contribution < -0.4 is 5.73 Å². The van der Waals surface area contributed by atoms with E-state index in [0.29, 0.717) is 12.8 Å². The molecular weight excluding hydrogens is 182 g/mol. The number of hydrogen-bond donors (Lipinski definition) is 2. The molecule has 0 aromatic carbocycles. The van der Waals surface area contributed by atoms with Crippen LogP contribution in [-0.2, 0) is 9.53 Å². The topological polar surface area (TPSA) is 72.5 Å². The van der Waals surface area contributed by atoms with Crippen molar-refractivity contribution in [2.45, 2.75) is 25.0 Å². The van der Waals surface area contributed by atoms with Gasteiger partial charge in [-0.2, -0.15) is 0 Å². The van der Waals surface area contributed by atoms with Crippen molar-refractivity contribution in [3.8, 4) is 0 Å². The normalized spacial score (nSPS) is 34.1. The Labute approximate surface area is 77.5 Å². The Kier molecular flexibility index (Phi) is 4.52. The van der Waals surface area contributed by atoms with Crippen molar-refractivity contribution in [1.82, 2.24) is 0 Å². The summed E-state index contributed by atoms with van der Waals surface area (Å²) in [7, 11) is 1.35. The Morgan fingerprint density at radius 1 is 1.58 bits per heavy atom. The molecule has 72 valence electrons. The summed E-state index contributed by atoms with van der Waals surface area (Å²) in [5.41, 5.74) is 5.50. The van der Waals surface area contributed by atoms with Crippen molar-refractivity contribution in [1.29, 1.82) is 0 Å². The first kappa shape index (κ1) is 11.7. The third-order valence-corrected chi connectivity index (χ3v) is 2.11. The maximum atomic E-state index is 10.9. The number of halogens is 1. The van der Waals surface area contributed by atoms with Gasteiger partial charge < -0.3 is 15.6 Å². The number of hydrogen-bond acceptors (Lipinski definition) is 4. The fraction of sp³-hybridized carbons (Fsp3) is 0.857. The van der Waals surface area contributed by atoms with Crippen molar-refractivity contribution in [2.24, 2.45) is 11.7 Å². The molecule has 1 fully saturated rings. The first-order valence-corrected chi connectivity index (χ1v) is 3.66. The number of nitrogens with two attached hydrogens (primary N) is 1. The molecule has 0 amide bonds. The number of esters is 1. The van der Waals surface area contributed by atoms with Gasteiger partial charge in [-0.1, -0.05) is 0 Å². The maximum Gasteiger partial charge on any atom is 0.308 e. The van der Waals surface area contributed by atoms with Crippen LogP contribution in [0.5, 0.6) is 0 Å². The summed E-state index contributed by atoms with van der Waals surface area (Å²) >= 11 is 0. The van der Waals surface area contributed by atoms with Gasteiger partial charge in [-0.25, -0.2) is 0 Å². The predicted molar refractivity (Wildman–Crippen MR) is 46.0 cm³/mol. The van der Waals surface area contributed by atoms with Gasteiger partial charge in [0.05, 0.1) is 19.1 Å². The summed E-state index contributed by atoms with van der Waals surface area (Å²) < 4.78 is 4.53. The molecule has 4 nitrogen and oxygen atoms in total. The summed E-state index contributed by atoms with van der Waals surface area (Å²) in [5.74, 6) is -0.470. The average molecular weight is 196 g/mol. The Hall–Kier alpha value is -0.320. The van der Waals surface area contributed by atoms with Gasteiger partial charge in [0.2, 0.25) is 0 Å². The van der Waals surface area contributed by atoms with Crippen molar-refractivity contribution < 1.29 is 14.6 Å². The molecule has 0 aliphatic heterocycles. The minimum Gasteiger partial charge on any atom is -0.469 e. The van der Waals surface area contributed by atoms with Crippen molar-refractivity contribution in [2.75, 3.05) is 7.11 Å². The monoisotopic (exact) mass is 195 g/mol. The van der Waals surface area contributed by atoms with Gasteiger partial charge >= 0.3 is 5.97 Å². The van der Waals surface area contributed by atoms with E-state index in [1.807, 2.05) is 0 Å². The van der Waals surface area contributed by atoms with Gasteiger partial charge in [-0.15, -0.1) is 12.4 Å². The Bertz CT molecular complexity index is 155. The van der Waals surface area contributed by atoms with Crippen LogP contribution in [0.4, 0.5) is 0 Å². The van der Waals surface area contributed by atoms with E-state index in [2.05, 4.69) is 4.74 Å². The van der Waals surface area contributed by atoms with E-state index in [0.717, 1.165) is 0 Å². The van der Waals surface area contributed by atoms with E-state index in [-0.39, 0.29) is 30.3 Å². The molecule has 0 radical (unpaired) electrons. The highest BCUT2D eigenvalue weighted by Gasteiger charge is 2.35. The summed E-state index contributed by atoms with van der Waals surface area (Å²) in [6, 6.07) is -0.265. The van der Waals surface area contributed by atoms with E-state index in [1.165, 1.54) is 7.11 Å². The Balaban J connectivity index is 0.00000121. The molecule has 0 unspecified atom stereocenters. The highest BCUT2D eigenvalue weighted by atomic mass is 35.5. The fourth-order valence-electron chi connectivity index (χ4n) is 1.41. The zero-order valence-electron chi connectivity index (χ0n) is 6.90. The molecule has 12 heavy (non-hydrogen) atoms. The SMILES string of the molecule is COC(=O)[C@@H]1C[C@H](N)[C@@H](O)C1.Cl. The zero-order chi connectivity index (χ0) is 8.43. The molecule has 0 heterocycles. The van der Waals surface area contributed by atoms with Crippen LogP contribution in [0.15, 0.2) is 0 Å². The van der Waals surface area contributed by atoms with E-state index < -0.39 is 6.10 Å². The van der Waals surface area contributed by atoms with Gasteiger partial charge in [0, 0.05) is 6.04 Å². The van der Waals surface area contributed by atoms with Gasteiger partial charge in [-0.3, -0.25) is 4.79 Å². The highest BCUT2D eigenvalue weighted by molar-refractivity contribution is 5.85. The Morgan fingerprint density at radius 2 is 2.17 bits per heavy atom. The molecule has 0 bridgehead atoms. The van der Waals surface area contributed by atoms with Crippen molar-refractivity contribution in [3.63, 3.8) is 0 Å². The third kappa shape index (κ3) is 2.33. The lowest BCUT2D eigenvalue weighted by Crippen LogP contribution is -2.28. The molecule has 0 saturated heterocycles. The number of aliphatic hydroxyl groups excluding tert-OH is 1. The molecule has 0 aromatic rings. The predicted octanol–water partition coefficient (Wildman–Crippen LogP) is -0.321. The number of ether oxygens (including phenoxy) is 1. The summed E-state index contributed by atoms with van der Waals surface area (Å²) in [6.07, 6.45) is 0.431. The molecular formula is C7H14ClNO3. The number of carbonyl (C=O) groups is 1. The van der Waals surface area contributed by atoms with Gasteiger partial charge in [0.25, 0.3) is 0 Å². The van der Waals surface area contributed by atoms with E-state index in [1.54, 1.807) is 0 Å². The van der Waals surface area contributed by atoms with E-state index in [4.69, 9.17) is 5.73 Å². The fourth-order valence-corrected chi connectivity index (χ4v) is 1.41. The van der Waals surface area contributed by atoms with Crippen molar-refractivity contribution in [3.05, 3.63) is 0 Å². The molecule has 1 saturated carbocycles. The van der Waals surface area contributed by atoms with Crippen LogP contribution in [0.3, 0.4) is 0 Å². The minimum absolute atomic E-state index is 0. The van der Waals surface area contributed by atoms with Gasteiger partial charge in [0.15, 0.2) is 0 Å². The molecule has 0 aromatic heterocycles. The quantitative estimate of drug-likeness (QED) is 0.563. The number of aliphatic hydroxyl groups is 1.